The van der Waals surface area contributed by atoms with Crippen molar-refractivity contribution in [2.45, 2.75) is 52.7 Å². The Morgan fingerprint density at radius 2 is 0.750 bits per heavy atom. The summed E-state index contributed by atoms with van der Waals surface area (Å²) in [5, 5.41) is -8.11. The molecule has 0 saturated carbocycles. The van der Waals surface area contributed by atoms with Gasteiger partial charge in [-0.2, -0.15) is 83.1 Å². The van der Waals surface area contributed by atoms with Crippen LogP contribution in [0.1, 0.15) is 5.56 Å². The Morgan fingerprint density at radius 1 is 0.477 bits per heavy atom. The summed E-state index contributed by atoms with van der Waals surface area (Å²) >= 11 is 0. The van der Waals surface area contributed by atoms with Gasteiger partial charge in [0.15, 0.2) is 23.3 Å². The van der Waals surface area contributed by atoms with Crippen LogP contribution in [-0.4, -0.2) is 67.9 Å². The number of alkyl halides is 17. The van der Waals surface area contributed by atoms with Crippen LogP contribution in [0.5, 0.6) is 0 Å². The van der Waals surface area contributed by atoms with Crippen LogP contribution in [0.4, 0.5) is 96.6 Å². The second-order valence-corrected chi connectivity index (χ2v) is 13.7. The average Bonchev–Trinajstić information content (AvgIpc) is 2.81. The summed E-state index contributed by atoms with van der Waals surface area (Å²) in [5.74, 6) is -69.5. The molecule has 0 amide bonds. The third kappa shape index (κ3) is 5.50. The second kappa shape index (κ2) is 10.8. The zero-order valence-electron chi connectivity index (χ0n) is 20.1. The molecule has 27 heteroatoms. The van der Waals surface area contributed by atoms with Crippen LogP contribution in [0.25, 0.3) is 0 Å². The normalized spacial score (nSPS) is 16.0. The summed E-state index contributed by atoms with van der Waals surface area (Å²) in [6, 6.07) is 0. The maximum Gasteiger partial charge on any atom is 0.460 e. The highest BCUT2D eigenvalue weighted by atomic mass is 32.3. The molecule has 0 spiro atoms. The van der Waals surface area contributed by atoms with Crippen molar-refractivity contribution < 1.29 is 109 Å². The van der Waals surface area contributed by atoms with E-state index in [1.54, 1.807) is 0 Å². The highest BCUT2D eigenvalue weighted by molar-refractivity contribution is 8.31. The summed E-state index contributed by atoms with van der Waals surface area (Å²) in [4.78, 5) is 0. The van der Waals surface area contributed by atoms with Crippen LogP contribution in [0, 0.1) is 29.1 Å². The van der Waals surface area contributed by atoms with Crippen LogP contribution >= 0.6 is 10.3 Å². The molecule has 0 aliphatic carbocycles. The molecular formula is C17H8F22O3S2. The maximum absolute atomic E-state index is 14.2. The Bertz CT molecular complexity index is 1350. The third-order valence-electron chi connectivity index (χ3n) is 5.07. The van der Waals surface area contributed by atoms with Crippen LogP contribution in [0.2, 0.25) is 0 Å². The van der Waals surface area contributed by atoms with Crippen molar-refractivity contribution >= 4 is 20.4 Å². The first kappa shape index (κ1) is 40.0. The van der Waals surface area contributed by atoms with Gasteiger partial charge in [0.2, 0.25) is 5.82 Å². The Kier molecular flexibility index (Phi) is 9.76. The maximum atomic E-state index is 14.2. The molecule has 44 heavy (non-hydrogen) atoms. The SMILES string of the molecule is CS(C)(Cc1c(F)c(F)c(F)c(F)c1F)OS(=O)(=O)C(F)(F)C(F)(F)C(F)(F)C(F)(F)C(F)(F)C(F)(F)C(F)(F)C(F)(F)F. The van der Waals surface area contributed by atoms with Crippen LogP contribution < -0.4 is 0 Å². The second-order valence-electron chi connectivity index (χ2n) is 8.61. The highest BCUT2D eigenvalue weighted by Gasteiger charge is 2.96. The molecule has 0 radical (unpaired) electrons. The first-order valence-electron chi connectivity index (χ1n) is 9.74. The van der Waals surface area contributed by atoms with Crippen molar-refractivity contribution in [1.82, 2.24) is 0 Å². The van der Waals surface area contributed by atoms with E-state index >= 15 is 0 Å². The number of hydrogen-bond acceptors (Lipinski definition) is 3. The number of halogens is 22. The van der Waals surface area contributed by atoms with Gasteiger partial charge in [-0.1, -0.05) is 0 Å². The van der Waals surface area contributed by atoms with Gasteiger partial charge in [-0.15, -0.1) is 10.3 Å². The number of rotatable bonds is 11. The van der Waals surface area contributed by atoms with Gasteiger partial charge < -0.3 is 0 Å². The summed E-state index contributed by atoms with van der Waals surface area (Å²) in [5.41, 5.74) is -2.14. The smallest absolute Gasteiger partial charge is 0.215 e. The van der Waals surface area contributed by atoms with Crippen molar-refractivity contribution in [3.8, 4) is 0 Å². The van der Waals surface area contributed by atoms with Crippen LogP contribution in [-0.2, 0) is 19.5 Å². The zero-order chi connectivity index (χ0) is 35.9. The Balaban J connectivity index is 3.71. The van der Waals surface area contributed by atoms with Gasteiger partial charge in [0, 0.05) is 11.3 Å². The van der Waals surface area contributed by atoms with Crippen LogP contribution in [0.3, 0.4) is 0 Å². The lowest BCUT2D eigenvalue weighted by atomic mass is 9.91. The van der Waals surface area contributed by atoms with E-state index in [2.05, 4.69) is 3.63 Å². The summed E-state index contributed by atoms with van der Waals surface area (Å²) < 4.78 is 321. The molecule has 1 rings (SSSR count). The predicted octanol–water partition coefficient (Wildman–Crippen LogP) is 8.17. The van der Waals surface area contributed by atoms with Gasteiger partial charge in [0.25, 0.3) is 0 Å². The Morgan fingerprint density at radius 3 is 1.07 bits per heavy atom. The minimum Gasteiger partial charge on any atom is -0.215 e. The van der Waals surface area contributed by atoms with E-state index in [0.29, 0.717) is 0 Å². The molecule has 260 valence electrons. The lowest BCUT2D eigenvalue weighted by Gasteiger charge is -2.42. The average molecular weight is 742 g/mol. The van der Waals surface area contributed by atoms with Gasteiger partial charge in [0.05, 0.1) is 0 Å². The third-order valence-corrected chi connectivity index (χ3v) is 9.13. The lowest BCUT2D eigenvalue weighted by molar-refractivity contribution is -0.458. The molecule has 3 nitrogen and oxygen atoms in total. The molecule has 0 aromatic heterocycles. The van der Waals surface area contributed by atoms with Gasteiger partial charge >= 0.3 is 57.1 Å². The van der Waals surface area contributed by atoms with Gasteiger partial charge in [-0.05, 0) is 12.5 Å². The predicted molar refractivity (Wildman–Crippen MR) is 100 cm³/mol. The fraction of sp³-hybridized carbons (Fsp3) is 0.647. The Hall–Kier alpha value is -2.06. The number of hydrogen-bond donors (Lipinski definition) is 0. The first-order valence-corrected chi connectivity index (χ1v) is 13.7. The van der Waals surface area contributed by atoms with E-state index in [-0.39, 0.29) is 12.5 Å². The highest BCUT2D eigenvalue weighted by Crippen LogP contribution is 2.65. The fourth-order valence-electron chi connectivity index (χ4n) is 2.74. The van der Waals surface area contributed by atoms with Crippen molar-refractivity contribution in [3.05, 3.63) is 34.6 Å². The van der Waals surface area contributed by atoms with Gasteiger partial charge in [0.1, 0.15) is 0 Å². The van der Waals surface area contributed by atoms with E-state index in [1.807, 2.05) is 0 Å². The minimum atomic E-state index is -9.11. The summed E-state index contributed by atoms with van der Waals surface area (Å²) in [6.45, 7) is 0. The molecular weight excluding hydrogens is 734 g/mol. The van der Waals surface area contributed by atoms with E-state index in [9.17, 15) is 105 Å². The van der Waals surface area contributed by atoms with Crippen molar-refractivity contribution in [1.29, 1.82) is 0 Å². The first-order chi connectivity index (χ1) is 18.9. The molecule has 1 aromatic carbocycles. The molecule has 0 unspecified atom stereocenters. The topological polar surface area (TPSA) is 43.4 Å². The summed E-state index contributed by atoms with van der Waals surface area (Å²) in [7, 11) is -12.8. The molecule has 0 atom stereocenters. The molecule has 1 aromatic rings. The molecule has 0 N–H and O–H groups in total. The van der Waals surface area contributed by atoms with Gasteiger partial charge in [-0.3, -0.25) is 0 Å². The molecule has 0 aliphatic rings. The molecule has 0 heterocycles. The van der Waals surface area contributed by atoms with E-state index in [1.165, 1.54) is 0 Å². The summed E-state index contributed by atoms with van der Waals surface area (Å²) in [6.07, 6.45) is -7.99. The monoisotopic (exact) mass is 742 g/mol. The van der Waals surface area contributed by atoms with Gasteiger partial charge in [-0.25, -0.2) is 25.6 Å². The molecule has 0 fully saturated rings. The zero-order valence-corrected chi connectivity index (χ0v) is 21.7. The van der Waals surface area contributed by atoms with E-state index in [0.717, 1.165) is 0 Å². The Labute approximate surface area is 229 Å². The van der Waals surface area contributed by atoms with E-state index < -0.39 is 108 Å². The standard InChI is InChI=1S/C17H8F22O3S2/c1-43(2,3-4-5(18)7(20)9(22)8(21)6(4)19)42-44(40,41)17(38,39)15(33,34)13(29,30)11(25,26)10(23,24)12(27,28)14(31,32)16(35,36)37/h3H2,1-2H3. The fourth-order valence-corrected chi connectivity index (χ4v) is 6.61. The van der Waals surface area contributed by atoms with Crippen molar-refractivity contribution in [2.75, 3.05) is 12.5 Å². The van der Waals surface area contributed by atoms with Crippen molar-refractivity contribution in [3.63, 3.8) is 0 Å². The quantitative estimate of drug-likeness (QED) is 0.131. The number of benzene rings is 1. The lowest BCUT2D eigenvalue weighted by Crippen LogP contribution is -2.75. The molecule has 0 saturated heterocycles. The molecule has 0 aliphatic heterocycles. The molecule has 0 bridgehead atoms. The van der Waals surface area contributed by atoms with E-state index in [4.69, 9.17) is 0 Å². The van der Waals surface area contributed by atoms with Crippen molar-refractivity contribution in [2.24, 2.45) is 0 Å². The minimum absolute atomic E-state index is 0.0114. The largest absolute Gasteiger partial charge is 0.460 e. The van der Waals surface area contributed by atoms with Crippen LogP contribution in [0.15, 0.2) is 0 Å².